The normalized spacial score (nSPS) is 18.1. The number of carbonyl (C=O) groups excluding carboxylic acids is 1. The highest BCUT2D eigenvalue weighted by Gasteiger charge is 2.26. The third-order valence-electron chi connectivity index (χ3n) is 8.01. The summed E-state index contributed by atoms with van der Waals surface area (Å²) in [4.78, 5) is 19.7. The first-order chi connectivity index (χ1) is 18.0. The molecule has 6 rings (SSSR count). The fourth-order valence-electron chi connectivity index (χ4n) is 5.79. The molecular weight excluding hydrogens is 484 g/mol. The van der Waals surface area contributed by atoms with Gasteiger partial charge in [0.05, 0.1) is 13.2 Å². The van der Waals surface area contributed by atoms with Crippen molar-refractivity contribution in [2.24, 2.45) is 5.73 Å². The third kappa shape index (κ3) is 4.87. The molecule has 3 aliphatic rings. The Morgan fingerprint density at radius 2 is 1.70 bits per heavy atom. The zero-order valence-corrected chi connectivity index (χ0v) is 22.1. The van der Waals surface area contributed by atoms with Crippen molar-refractivity contribution in [3.63, 3.8) is 0 Å². The minimum atomic E-state index is -0.389. The average molecular weight is 517 g/mol. The van der Waals surface area contributed by atoms with E-state index in [4.69, 9.17) is 22.1 Å². The van der Waals surface area contributed by atoms with E-state index in [1.165, 1.54) is 16.8 Å². The number of amides is 1. The van der Waals surface area contributed by atoms with Crippen LogP contribution in [0.3, 0.4) is 0 Å². The van der Waals surface area contributed by atoms with Crippen molar-refractivity contribution in [1.82, 2.24) is 9.80 Å². The van der Waals surface area contributed by atoms with Crippen LogP contribution in [0.1, 0.15) is 27.0 Å². The van der Waals surface area contributed by atoms with Crippen molar-refractivity contribution >= 4 is 23.2 Å². The van der Waals surface area contributed by atoms with Crippen molar-refractivity contribution in [3.05, 3.63) is 75.8 Å². The molecule has 2 N–H and O–H groups in total. The predicted octanol–water partition coefficient (Wildman–Crippen LogP) is 4.26. The lowest BCUT2D eigenvalue weighted by Crippen LogP contribution is -2.44. The second-order valence-corrected chi connectivity index (χ2v) is 10.8. The van der Waals surface area contributed by atoms with Gasteiger partial charge in [-0.05, 0) is 82.7 Å². The summed E-state index contributed by atoms with van der Waals surface area (Å²) in [5.74, 6) is -0.389. The van der Waals surface area contributed by atoms with Gasteiger partial charge in [0.2, 0.25) is 5.91 Å². The van der Waals surface area contributed by atoms with E-state index in [2.05, 4.69) is 58.1 Å². The Morgan fingerprint density at radius 3 is 2.43 bits per heavy atom. The number of nitrogens with zero attached hydrogens (tertiary/aromatic N) is 3. The lowest BCUT2D eigenvalue weighted by Gasteiger charge is -2.34. The highest BCUT2D eigenvalue weighted by Crippen LogP contribution is 2.43. The Labute approximate surface area is 223 Å². The largest absolute Gasteiger partial charge is 0.379 e. The summed E-state index contributed by atoms with van der Waals surface area (Å²) in [6.07, 6.45) is 0.726. The molecule has 1 aliphatic carbocycles. The van der Waals surface area contributed by atoms with Gasteiger partial charge >= 0.3 is 0 Å². The highest BCUT2D eigenvalue weighted by molar-refractivity contribution is 6.31. The molecule has 0 radical (unpaired) electrons. The Balaban J connectivity index is 1.32. The number of rotatable bonds is 5. The predicted molar refractivity (Wildman–Crippen MR) is 149 cm³/mol. The fourth-order valence-corrected chi connectivity index (χ4v) is 6.03. The molecule has 3 aromatic carbocycles. The van der Waals surface area contributed by atoms with Crippen LogP contribution in [0.4, 0.5) is 5.69 Å². The van der Waals surface area contributed by atoms with E-state index in [9.17, 15) is 4.79 Å². The smallest absolute Gasteiger partial charge is 0.249 e. The molecule has 0 spiro atoms. The van der Waals surface area contributed by atoms with Crippen molar-refractivity contribution in [1.29, 1.82) is 0 Å². The van der Waals surface area contributed by atoms with Crippen LogP contribution in [0.5, 0.6) is 0 Å². The monoisotopic (exact) mass is 516 g/mol. The van der Waals surface area contributed by atoms with Gasteiger partial charge in [-0.25, -0.2) is 0 Å². The van der Waals surface area contributed by atoms with Crippen LogP contribution in [-0.2, 0) is 17.7 Å². The molecule has 0 aromatic heterocycles. The van der Waals surface area contributed by atoms with Crippen molar-refractivity contribution in [2.75, 3.05) is 64.4 Å². The average Bonchev–Trinajstić information content (AvgIpc) is 3.28. The van der Waals surface area contributed by atoms with Gasteiger partial charge in [-0.3, -0.25) is 9.69 Å². The highest BCUT2D eigenvalue weighted by atomic mass is 35.5. The molecular formula is C30H33ClN4O2. The molecule has 3 aromatic rings. The van der Waals surface area contributed by atoms with Gasteiger partial charge in [0, 0.05) is 62.1 Å². The Kier molecular flexibility index (Phi) is 6.67. The molecule has 0 unspecified atom stereocenters. The zero-order valence-electron chi connectivity index (χ0n) is 21.3. The Morgan fingerprint density at radius 1 is 0.919 bits per heavy atom. The number of primary amides is 1. The lowest BCUT2D eigenvalue weighted by molar-refractivity contribution is 0.0342. The Hall–Kier alpha value is -2.90. The van der Waals surface area contributed by atoms with Crippen LogP contribution in [0, 0.1) is 0 Å². The molecule has 1 amide bonds. The molecule has 2 saturated heterocycles. The number of hydrogen-bond donors (Lipinski definition) is 1. The number of likely N-dealkylation sites (N-methyl/N-ethyl adjacent to an activating group) is 1. The number of piperazine rings is 1. The summed E-state index contributed by atoms with van der Waals surface area (Å²) in [6, 6.07) is 17.0. The summed E-state index contributed by atoms with van der Waals surface area (Å²) in [7, 11) is 2.17. The molecule has 7 heteroatoms. The number of anilines is 1. The summed E-state index contributed by atoms with van der Waals surface area (Å²) < 4.78 is 5.46. The van der Waals surface area contributed by atoms with E-state index >= 15 is 0 Å². The number of carbonyl (C=O) groups is 1. The summed E-state index contributed by atoms with van der Waals surface area (Å²) in [5.41, 5.74) is 15.4. The number of nitrogens with two attached hydrogens (primary N) is 1. The van der Waals surface area contributed by atoms with Crippen LogP contribution in [0.15, 0.2) is 48.5 Å². The van der Waals surface area contributed by atoms with E-state index in [1.807, 2.05) is 12.1 Å². The SMILES string of the molecule is CN1CCN(c2ccc3c(c2)Cc2c(C(N)=O)cc(-c4ccc(CN5CCOCC5)c(Cl)c4)cc2-3)CC1. The lowest BCUT2D eigenvalue weighted by atomic mass is 9.93. The molecule has 2 fully saturated rings. The molecule has 0 bridgehead atoms. The van der Waals surface area contributed by atoms with Gasteiger partial charge in [0.25, 0.3) is 0 Å². The number of halogens is 1. The molecule has 0 saturated carbocycles. The van der Waals surface area contributed by atoms with E-state index in [-0.39, 0.29) is 5.91 Å². The first kappa shape index (κ1) is 24.4. The zero-order chi connectivity index (χ0) is 25.5. The van der Waals surface area contributed by atoms with Gasteiger partial charge in [-0.15, -0.1) is 0 Å². The Bertz CT molecular complexity index is 1340. The third-order valence-corrected chi connectivity index (χ3v) is 8.37. The fraction of sp³-hybridized carbons (Fsp3) is 0.367. The standard InChI is InChI=1S/C30H33ClN4O2/c1-33-6-8-35(9-7-33)24-4-5-25-23(14-24)17-27-26(25)15-22(16-28(27)30(32)36)20-2-3-21(29(31)18-20)19-34-10-12-37-13-11-34/h2-5,14-16,18H,6-13,17,19H2,1H3,(H2,32,36). The number of hydrogen-bond acceptors (Lipinski definition) is 5. The molecule has 2 heterocycles. The van der Waals surface area contributed by atoms with Gasteiger partial charge in [0.1, 0.15) is 0 Å². The summed E-state index contributed by atoms with van der Waals surface area (Å²) >= 11 is 6.74. The number of benzene rings is 3. The summed E-state index contributed by atoms with van der Waals surface area (Å²) in [6.45, 7) is 8.37. The number of fused-ring (bicyclic) bond motifs is 3. The minimum absolute atomic E-state index is 0.389. The van der Waals surface area contributed by atoms with E-state index in [0.29, 0.717) is 5.56 Å². The van der Waals surface area contributed by atoms with Crippen molar-refractivity contribution < 1.29 is 9.53 Å². The minimum Gasteiger partial charge on any atom is -0.379 e. The maximum Gasteiger partial charge on any atom is 0.249 e. The summed E-state index contributed by atoms with van der Waals surface area (Å²) in [5, 5.41) is 0.738. The first-order valence-electron chi connectivity index (χ1n) is 13.1. The van der Waals surface area contributed by atoms with Crippen LogP contribution >= 0.6 is 11.6 Å². The van der Waals surface area contributed by atoms with Crippen molar-refractivity contribution in [2.45, 2.75) is 13.0 Å². The number of morpholine rings is 1. The van der Waals surface area contributed by atoms with Gasteiger partial charge in [-0.1, -0.05) is 29.8 Å². The van der Waals surface area contributed by atoms with Gasteiger partial charge in [0.15, 0.2) is 0 Å². The van der Waals surface area contributed by atoms with Gasteiger partial charge < -0.3 is 20.3 Å². The quantitative estimate of drug-likeness (QED) is 0.429. The molecule has 0 atom stereocenters. The molecule has 37 heavy (non-hydrogen) atoms. The maximum absolute atomic E-state index is 12.6. The van der Waals surface area contributed by atoms with Crippen LogP contribution in [0.2, 0.25) is 5.02 Å². The topological polar surface area (TPSA) is 62.0 Å². The van der Waals surface area contributed by atoms with Crippen molar-refractivity contribution in [3.8, 4) is 22.3 Å². The molecule has 192 valence electrons. The van der Waals surface area contributed by atoms with Crippen LogP contribution < -0.4 is 10.6 Å². The van der Waals surface area contributed by atoms with E-state index in [0.717, 1.165) is 98.3 Å². The van der Waals surface area contributed by atoms with Crippen LogP contribution in [-0.4, -0.2) is 75.2 Å². The number of ether oxygens (including phenoxy) is 1. The van der Waals surface area contributed by atoms with Crippen LogP contribution in [0.25, 0.3) is 22.3 Å². The van der Waals surface area contributed by atoms with E-state index in [1.54, 1.807) is 0 Å². The first-order valence-corrected chi connectivity index (χ1v) is 13.5. The molecule has 6 nitrogen and oxygen atoms in total. The molecule has 2 aliphatic heterocycles. The van der Waals surface area contributed by atoms with Gasteiger partial charge in [-0.2, -0.15) is 0 Å². The second kappa shape index (κ2) is 10.1. The second-order valence-electron chi connectivity index (χ2n) is 10.4. The maximum atomic E-state index is 12.6. The van der Waals surface area contributed by atoms with E-state index < -0.39 is 0 Å².